The van der Waals surface area contributed by atoms with Gasteiger partial charge in [-0.2, -0.15) is 18.0 Å². The van der Waals surface area contributed by atoms with Gasteiger partial charge in [-0.05, 0) is 18.2 Å². The first-order valence-corrected chi connectivity index (χ1v) is 7.81. The summed E-state index contributed by atoms with van der Waals surface area (Å²) in [5.41, 5.74) is 0.545. The molecule has 8 heteroatoms. The summed E-state index contributed by atoms with van der Waals surface area (Å²) in [5, 5.41) is 8.98. The minimum absolute atomic E-state index is 0.267. The number of nitriles is 1. The molecule has 0 spiro atoms. The van der Waals surface area contributed by atoms with Crippen LogP contribution in [0.3, 0.4) is 0 Å². The predicted octanol–water partition coefficient (Wildman–Crippen LogP) is 1.31. The molecular formula is C11H12BrN3O3S. The van der Waals surface area contributed by atoms with E-state index in [0.717, 1.165) is 0 Å². The van der Waals surface area contributed by atoms with Crippen molar-refractivity contribution < 1.29 is 13.2 Å². The summed E-state index contributed by atoms with van der Waals surface area (Å²) < 4.78 is 33.9. The lowest BCUT2D eigenvalue weighted by molar-refractivity contribution is 0.0733. The SMILES string of the molecule is N#Cc1ccc(Br)cc1NS(=O)(=O)N1CCOCC1. The third-order valence-corrected chi connectivity index (χ3v) is 4.67. The summed E-state index contributed by atoms with van der Waals surface area (Å²) in [6, 6.07) is 6.77. The number of rotatable bonds is 3. The Morgan fingerprint density at radius 1 is 1.37 bits per heavy atom. The van der Waals surface area contributed by atoms with Crippen molar-refractivity contribution in [2.45, 2.75) is 0 Å². The Kier molecular flexibility index (Phi) is 4.42. The Balaban J connectivity index is 2.25. The van der Waals surface area contributed by atoms with E-state index in [1.807, 2.05) is 6.07 Å². The molecule has 0 unspecified atom stereocenters. The second kappa shape index (κ2) is 5.88. The molecule has 1 N–H and O–H groups in total. The molecule has 1 saturated heterocycles. The molecule has 0 aromatic heterocycles. The number of anilines is 1. The van der Waals surface area contributed by atoms with Crippen LogP contribution >= 0.6 is 15.9 Å². The zero-order valence-corrected chi connectivity index (χ0v) is 12.4. The Morgan fingerprint density at radius 3 is 2.68 bits per heavy atom. The van der Waals surface area contributed by atoms with Gasteiger partial charge < -0.3 is 4.74 Å². The van der Waals surface area contributed by atoms with Crippen LogP contribution in [0.25, 0.3) is 0 Å². The van der Waals surface area contributed by atoms with Crippen LogP contribution < -0.4 is 4.72 Å². The van der Waals surface area contributed by atoms with Crippen LogP contribution in [0.2, 0.25) is 0 Å². The Labute approximate surface area is 120 Å². The Hall–Kier alpha value is -1.14. The van der Waals surface area contributed by atoms with Gasteiger partial charge in [-0.1, -0.05) is 15.9 Å². The zero-order chi connectivity index (χ0) is 13.9. The normalized spacial score (nSPS) is 16.8. The maximum atomic E-state index is 12.2. The summed E-state index contributed by atoms with van der Waals surface area (Å²) in [7, 11) is -3.65. The van der Waals surface area contributed by atoms with Gasteiger partial charge in [-0.3, -0.25) is 4.72 Å². The van der Waals surface area contributed by atoms with Crippen LogP contribution in [-0.4, -0.2) is 39.0 Å². The average molecular weight is 346 g/mol. The minimum atomic E-state index is -3.65. The fourth-order valence-corrected chi connectivity index (χ4v) is 3.26. The van der Waals surface area contributed by atoms with Gasteiger partial charge in [-0.25, -0.2) is 0 Å². The largest absolute Gasteiger partial charge is 0.379 e. The highest BCUT2D eigenvalue weighted by molar-refractivity contribution is 9.10. The molecule has 2 rings (SSSR count). The number of halogens is 1. The zero-order valence-electron chi connectivity index (χ0n) is 9.97. The molecule has 0 radical (unpaired) electrons. The van der Waals surface area contributed by atoms with E-state index in [9.17, 15) is 8.42 Å². The van der Waals surface area contributed by atoms with E-state index in [0.29, 0.717) is 30.8 Å². The molecule has 0 atom stereocenters. The van der Waals surface area contributed by atoms with Crippen molar-refractivity contribution in [1.29, 1.82) is 5.26 Å². The van der Waals surface area contributed by atoms with Crippen LogP contribution in [0.15, 0.2) is 22.7 Å². The molecule has 1 aliphatic heterocycles. The van der Waals surface area contributed by atoms with Gasteiger partial charge >= 0.3 is 10.2 Å². The van der Waals surface area contributed by atoms with E-state index in [4.69, 9.17) is 10.00 Å². The maximum absolute atomic E-state index is 12.2. The number of benzene rings is 1. The number of hydrogen-bond acceptors (Lipinski definition) is 4. The monoisotopic (exact) mass is 345 g/mol. The standard InChI is InChI=1S/C11H12BrN3O3S/c12-10-2-1-9(8-13)11(7-10)14-19(16,17)15-3-5-18-6-4-15/h1-2,7,14H,3-6H2. The lowest BCUT2D eigenvalue weighted by Crippen LogP contribution is -2.43. The highest BCUT2D eigenvalue weighted by Crippen LogP contribution is 2.22. The summed E-state index contributed by atoms with van der Waals surface area (Å²) >= 11 is 3.25. The van der Waals surface area contributed by atoms with Gasteiger partial charge in [0.25, 0.3) is 0 Å². The molecule has 19 heavy (non-hydrogen) atoms. The fraction of sp³-hybridized carbons (Fsp3) is 0.364. The Bertz CT molecular complexity index is 606. The van der Waals surface area contributed by atoms with Crippen molar-refractivity contribution in [3.05, 3.63) is 28.2 Å². The minimum Gasteiger partial charge on any atom is -0.379 e. The van der Waals surface area contributed by atoms with E-state index in [1.165, 1.54) is 4.31 Å². The lowest BCUT2D eigenvalue weighted by Gasteiger charge is -2.26. The van der Waals surface area contributed by atoms with E-state index >= 15 is 0 Å². The van der Waals surface area contributed by atoms with Crippen LogP contribution in [0.4, 0.5) is 5.69 Å². The van der Waals surface area contributed by atoms with E-state index in [2.05, 4.69) is 20.7 Å². The van der Waals surface area contributed by atoms with E-state index in [1.54, 1.807) is 18.2 Å². The van der Waals surface area contributed by atoms with Crippen LogP contribution in [0.1, 0.15) is 5.56 Å². The highest BCUT2D eigenvalue weighted by Gasteiger charge is 2.24. The third-order valence-electron chi connectivity index (χ3n) is 2.65. The molecule has 1 aromatic carbocycles. The van der Waals surface area contributed by atoms with Crippen LogP contribution in [0, 0.1) is 11.3 Å². The van der Waals surface area contributed by atoms with Crippen molar-refractivity contribution in [3.8, 4) is 6.07 Å². The topological polar surface area (TPSA) is 82.4 Å². The van der Waals surface area contributed by atoms with Gasteiger partial charge in [0.2, 0.25) is 0 Å². The molecule has 1 aromatic rings. The van der Waals surface area contributed by atoms with Crippen molar-refractivity contribution in [2.24, 2.45) is 0 Å². The van der Waals surface area contributed by atoms with Crippen molar-refractivity contribution in [3.63, 3.8) is 0 Å². The molecule has 0 amide bonds. The summed E-state index contributed by atoms with van der Waals surface area (Å²) in [6.45, 7) is 1.38. The van der Waals surface area contributed by atoms with Gasteiger partial charge in [0.05, 0.1) is 24.5 Å². The third kappa shape index (κ3) is 3.45. The first-order chi connectivity index (χ1) is 9.03. The lowest BCUT2D eigenvalue weighted by atomic mass is 10.2. The fourth-order valence-electron chi connectivity index (χ4n) is 1.69. The van der Waals surface area contributed by atoms with Gasteiger partial charge in [0, 0.05) is 17.6 Å². The van der Waals surface area contributed by atoms with Crippen molar-refractivity contribution in [1.82, 2.24) is 4.31 Å². The number of ether oxygens (including phenoxy) is 1. The van der Waals surface area contributed by atoms with Crippen LogP contribution in [0.5, 0.6) is 0 Å². The smallest absolute Gasteiger partial charge is 0.301 e. The molecule has 1 fully saturated rings. The Morgan fingerprint density at radius 2 is 2.05 bits per heavy atom. The second-order valence-electron chi connectivity index (χ2n) is 3.92. The summed E-state index contributed by atoms with van der Waals surface area (Å²) in [5.74, 6) is 0. The molecule has 6 nitrogen and oxygen atoms in total. The second-order valence-corrected chi connectivity index (χ2v) is 6.51. The molecule has 0 bridgehead atoms. The summed E-state index contributed by atoms with van der Waals surface area (Å²) in [4.78, 5) is 0. The van der Waals surface area contributed by atoms with Gasteiger partial charge in [0.1, 0.15) is 6.07 Å². The molecule has 0 saturated carbocycles. The maximum Gasteiger partial charge on any atom is 0.301 e. The van der Waals surface area contributed by atoms with Crippen LogP contribution in [-0.2, 0) is 14.9 Å². The van der Waals surface area contributed by atoms with Crippen molar-refractivity contribution in [2.75, 3.05) is 31.0 Å². The molecule has 1 heterocycles. The number of nitrogens with one attached hydrogen (secondary N) is 1. The number of hydrogen-bond donors (Lipinski definition) is 1. The van der Waals surface area contributed by atoms with Gasteiger partial charge in [-0.15, -0.1) is 0 Å². The molecule has 0 aliphatic carbocycles. The summed E-state index contributed by atoms with van der Waals surface area (Å²) in [6.07, 6.45) is 0. The quantitative estimate of drug-likeness (QED) is 0.895. The van der Waals surface area contributed by atoms with Crippen molar-refractivity contribution >= 4 is 31.8 Å². The van der Waals surface area contributed by atoms with E-state index in [-0.39, 0.29) is 11.3 Å². The first-order valence-electron chi connectivity index (χ1n) is 5.58. The van der Waals surface area contributed by atoms with Gasteiger partial charge in [0.15, 0.2) is 0 Å². The predicted molar refractivity (Wildman–Crippen MR) is 73.8 cm³/mol. The molecular weight excluding hydrogens is 334 g/mol. The first kappa shape index (κ1) is 14.3. The van der Waals surface area contributed by atoms with E-state index < -0.39 is 10.2 Å². The highest BCUT2D eigenvalue weighted by atomic mass is 79.9. The molecule has 102 valence electrons. The number of morpholine rings is 1. The number of nitrogens with zero attached hydrogens (tertiary/aromatic N) is 2. The average Bonchev–Trinajstić information content (AvgIpc) is 2.39. The molecule has 1 aliphatic rings.